The van der Waals surface area contributed by atoms with Crippen LogP contribution in [0.3, 0.4) is 0 Å². The van der Waals surface area contributed by atoms with Gasteiger partial charge in [0.25, 0.3) is 0 Å². The summed E-state index contributed by atoms with van der Waals surface area (Å²) in [5.41, 5.74) is 6.60. The highest BCUT2D eigenvalue weighted by molar-refractivity contribution is 7.89. The number of nitrogens with zero attached hydrogens (tertiary/aromatic N) is 1. The molecule has 0 aromatic heterocycles. The van der Waals surface area contributed by atoms with Crippen molar-refractivity contribution in [2.75, 3.05) is 26.5 Å². The average molecular weight is 307 g/mol. The Bertz CT molecular complexity index is 537. The molecule has 5 nitrogen and oxygen atoms in total. The normalized spacial score (nSPS) is 13.8. The molecule has 0 saturated carbocycles. The van der Waals surface area contributed by atoms with E-state index in [2.05, 4.69) is 0 Å². The second kappa shape index (κ2) is 6.09. The maximum absolute atomic E-state index is 12.4. The second-order valence-electron chi connectivity index (χ2n) is 4.47. The highest BCUT2D eigenvalue weighted by atomic mass is 35.5. The summed E-state index contributed by atoms with van der Waals surface area (Å²) in [7, 11) is -0.565. The summed E-state index contributed by atoms with van der Waals surface area (Å²) >= 11 is 5.94. The van der Waals surface area contributed by atoms with Gasteiger partial charge in [-0.3, -0.25) is 0 Å². The van der Waals surface area contributed by atoms with E-state index >= 15 is 0 Å². The molecule has 7 heteroatoms. The van der Waals surface area contributed by atoms with Crippen LogP contribution in [0, 0.1) is 6.92 Å². The zero-order valence-electron chi connectivity index (χ0n) is 11.5. The maximum atomic E-state index is 12.4. The largest absolute Gasteiger partial charge is 0.397 e. The number of nitrogens with two attached hydrogens (primary N) is 1. The Hall–Kier alpha value is -0.820. The van der Waals surface area contributed by atoms with Crippen LogP contribution >= 0.6 is 11.6 Å². The fourth-order valence-corrected chi connectivity index (χ4v) is 3.24. The van der Waals surface area contributed by atoms with Crippen molar-refractivity contribution < 1.29 is 13.2 Å². The van der Waals surface area contributed by atoms with E-state index in [-0.39, 0.29) is 16.6 Å². The van der Waals surface area contributed by atoms with Gasteiger partial charge >= 0.3 is 0 Å². The molecule has 1 atom stereocenters. The predicted octanol–water partition coefficient (Wildman–Crippen LogP) is 1.89. The van der Waals surface area contributed by atoms with Crippen LogP contribution < -0.4 is 5.73 Å². The number of benzene rings is 1. The summed E-state index contributed by atoms with van der Waals surface area (Å²) in [4.78, 5) is 0.136. The molecule has 0 fully saturated rings. The average Bonchev–Trinajstić information content (AvgIpc) is 2.34. The highest BCUT2D eigenvalue weighted by Gasteiger charge is 2.26. The van der Waals surface area contributed by atoms with Crippen molar-refractivity contribution in [2.45, 2.75) is 24.8 Å². The van der Waals surface area contributed by atoms with Gasteiger partial charge in [-0.1, -0.05) is 11.6 Å². The molecule has 1 unspecified atom stereocenters. The molecule has 0 amide bonds. The van der Waals surface area contributed by atoms with E-state index in [0.29, 0.717) is 17.2 Å². The SMILES string of the molecule is COCC(C)N(C)S(=O)(=O)c1cc(C)c(Cl)c(N)c1. The van der Waals surface area contributed by atoms with Gasteiger partial charge in [0, 0.05) is 20.2 Å². The topological polar surface area (TPSA) is 72.6 Å². The molecule has 0 aliphatic rings. The monoisotopic (exact) mass is 306 g/mol. The molecule has 0 bridgehead atoms. The van der Waals surface area contributed by atoms with E-state index in [1.165, 1.54) is 30.6 Å². The van der Waals surface area contributed by atoms with Gasteiger partial charge in [-0.25, -0.2) is 8.42 Å². The van der Waals surface area contributed by atoms with E-state index in [1.807, 2.05) is 0 Å². The molecule has 0 heterocycles. The zero-order valence-corrected chi connectivity index (χ0v) is 13.0. The lowest BCUT2D eigenvalue weighted by atomic mass is 10.2. The number of methoxy groups -OCH3 is 1. The summed E-state index contributed by atoms with van der Waals surface area (Å²) in [5.74, 6) is 0. The molecule has 0 radical (unpaired) electrons. The molecular formula is C12H19ClN2O3S. The number of anilines is 1. The molecule has 108 valence electrons. The molecule has 0 saturated heterocycles. The van der Waals surface area contributed by atoms with Crippen molar-refractivity contribution in [1.82, 2.24) is 4.31 Å². The van der Waals surface area contributed by atoms with Crippen molar-refractivity contribution >= 4 is 27.3 Å². The number of likely N-dealkylation sites (N-methyl/N-ethyl adjacent to an activating group) is 1. The number of ether oxygens (including phenoxy) is 1. The van der Waals surface area contributed by atoms with Crippen molar-refractivity contribution in [1.29, 1.82) is 0 Å². The Balaban J connectivity index is 3.21. The summed E-state index contributed by atoms with van der Waals surface area (Å²) in [6.07, 6.45) is 0. The number of rotatable bonds is 5. The number of hydrogen-bond donors (Lipinski definition) is 1. The quantitative estimate of drug-likeness (QED) is 0.843. The van der Waals surface area contributed by atoms with Gasteiger partial charge in [0.05, 0.1) is 22.2 Å². The maximum Gasteiger partial charge on any atom is 0.243 e. The lowest BCUT2D eigenvalue weighted by molar-refractivity contribution is 0.149. The molecule has 1 aromatic rings. The highest BCUT2D eigenvalue weighted by Crippen LogP contribution is 2.28. The van der Waals surface area contributed by atoms with Crippen LogP contribution in [0.2, 0.25) is 5.02 Å². The Morgan fingerprint density at radius 1 is 1.47 bits per heavy atom. The van der Waals surface area contributed by atoms with Crippen molar-refractivity contribution in [3.63, 3.8) is 0 Å². The first-order valence-electron chi connectivity index (χ1n) is 5.74. The smallest absolute Gasteiger partial charge is 0.243 e. The number of sulfonamides is 1. The number of nitrogen functional groups attached to an aromatic ring is 1. The van der Waals surface area contributed by atoms with Crippen LogP contribution in [0.5, 0.6) is 0 Å². The minimum Gasteiger partial charge on any atom is -0.397 e. The number of halogens is 1. The van der Waals surface area contributed by atoms with Crippen LogP contribution in [0.4, 0.5) is 5.69 Å². The Morgan fingerprint density at radius 2 is 2.05 bits per heavy atom. The summed E-state index contributed by atoms with van der Waals surface area (Å²) in [6.45, 7) is 3.81. The van der Waals surface area contributed by atoms with E-state index in [1.54, 1.807) is 13.8 Å². The first-order chi connectivity index (χ1) is 8.71. The molecule has 19 heavy (non-hydrogen) atoms. The van der Waals surface area contributed by atoms with Crippen molar-refractivity contribution in [3.05, 3.63) is 22.7 Å². The van der Waals surface area contributed by atoms with Gasteiger partial charge in [0.2, 0.25) is 10.0 Å². The molecule has 0 aliphatic carbocycles. The van der Waals surface area contributed by atoms with E-state index in [4.69, 9.17) is 22.1 Å². The fourth-order valence-electron chi connectivity index (χ4n) is 1.66. The molecular weight excluding hydrogens is 288 g/mol. The van der Waals surface area contributed by atoms with Gasteiger partial charge < -0.3 is 10.5 Å². The van der Waals surface area contributed by atoms with Crippen LogP contribution in [-0.2, 0) is 14.8 Å². The van der Waals surface area contributed by atoms with Gasteiger partial charge in [0.1, 0.15) is 0 Å². The molecule has 0 spiro atoms. The third kappa shape index (κ3) is 3.39. The van der Waals surface area contributed by atoms with E-state index in [0.717, 1.165) is 0 Å². The third-order valence-corrected chi connectivity index (χ3v) is 5.43. The standard InChI is InChI=1S/C12H19ClN2O3S/c1-8-5-10(6-11(14)12(8)13)19(16,17)15(3)9(2)7-18-4/h5-6,9H,7,14H2,1-4H3. The Labute approximate surface area is 119 Å². The number of hydrogen-bond acceptors (Lipinski definition) is 4. The zero-order chi connectivity index (χ0) is 14.8. The molecule has 0 aliphatic heterocycles. The fraction of sp³-hybridized carbons (Fsp3) is 0.500. The van der Waals surface area contributed by atoms with Gasteiger partial charge in [-0.2, -0.15) is 4.31 Å². The van der Waals surface area contributed by atoms with Crippen molar-refractivity contribution in [3.8, 4) is 0 Å². The van der Waals surface area contributed by atoms with Gasteiger partial charge in [-0.15, -0.1) is 0 Å². The first-order valence-corrected chi connectivity index (χ1v) is 7.56. The van der Waals surface area contributed by atoms with Crippen LogP contribution in [0.25, 0.3) is 0 Å². The van der Waals surface area contributed by atoms with Gasteiger partial charge in [0.15, 0.2) is 0 Å². The first kappa shape index (κ1) is 16.2. The third-order valence-electron chi connectivity index (χ3n) is 2.96. The minimum absolute atomic E-state index is 0.136. The molecule has 2 N–H and O–H groups in total. The van der Waals surface area contributed by atoms with Crippen molar-refractivity contribution in [2.24, 2.45) is 0 Å². The lowest BCUT2D eigenvalue weighted by Crippen LogP contribution is -2.37. The summed E-state index contributed by atoms with van der Waals surface area (Å²) < 4.78 is 31.1. The van der Waals surface area contributed by atoms with Crippen LogP contribution in [-0.4, -0.2) is 39.5 Å². The molecule has 1 aromatic carbocycles. The van der Waals surface area contributed by atoms with E-state index < -0.39 is 10.0 Å². The summed E-state index contributed by atoms with van der Waals surface area (Å²) in [6, 6.07) is 2.62. The lowest BCUT2D eigenvalue weighted by Gasteiger charge is -2.24. The second-order valence-corrected chi connectivity index (χ2v) is 6.84. The summed E-state index contributed by atoms with van der Waals surface area (Å²) in [5, 5.41) is 0.381. The van der Waals surface area contributed by atoms with Crippen LogP contribution in [0.15, 0.2) is 17.0 Å². The van der Waals surface area contributed by atoms with Gasteiger partial charge in [-0.05, 0) is 31.5 Å². The van der Waals surface area contributed by atoms with Crippen LogP contribution in [0.1, 0.15) is 12.5 Å². The molecule has 1 rings (SSSR count). The van der Waals surface area contributed by atoms with E-state index in [9.17, 15) is 8.42 Å². The minimum atomic E-state index is -3.61. The Kier molecular flexibility index (Phi) is 5.20. The number of aryl methyl sites for hydroxylation is 1. The predicted molar refractivity (Wildman–Crippen MR) is 76.9 cm³/mol. The Morgan fingerprint density at radius 3 is 2.53 bits per heavy atom.